The van der Waals surface area contributed by atoms with Crippen LogP contribution in [0.2, 0.25) is 0 Å². The van der Waals surface area contributed by atoms with E-state index in [-0.39, 0.29) is 0 Å². The summed E-state index contributed by atoms with van der Waals surface area (Å²) >= 11 is 3.40. The lowest BCUT2D eigenvalue weighted by Gasteiger charge is -1.96. The van der Waals surface area contributed by atoms with Crippen molar-refractivity contribution >= 4 is 21.7 Å². The number of hydrogen-bond donors (Lipinski definition) is 1. The average molecular weight is 331 g/mol. The Kier molecular flexibility index (Phi) is 3.47. The Morgan fingerprint density at radius 1 is 1.15 bits per heavy atom. The third kappa shape index (κ3) is 2.85. The second-order valence-electron chi connectivity index (χ2n) is 4.29. The number of aromatic nitrogens is 3. The van der Waals surface area contributed by atoms with Gasteiger partial charge < -0.3 is 10.3 Å². The Hall–Kier alpha value is -2.21. The van der Waals surface area contributed by atoms with E-state index in [0.717, 1.165) is 15.6 Å². The van der Waals surface area contributed by atoms with Crippen LogP contribution >= 0.6 is 15.9 Å². The van der Waals surface area contributed by atoms with E-state index in [9.17, 15) is 0 Å². The molecule has 20 heavy (non-hydrogen) atoms. The Morgan fingerprint density at radius 3 is 2.70 bits per heavy atom. The summed E-state index contributed by atoms with van der Waals surface area (Å²) in [6.45, 7) is 0. The highest BCUT2D eigenvalue weighted by molar-refractivity contribution is 9.10. The third-order valence-corrected chi connectivity index (χ3v) is 3.30. The van der Waals surface area contributed by atoms with Crippen LogP contribution in [-0.4, -0.2) is 15.1 Å². The Bertz CT molecular complexity index is 724. The Labute approximate surface area is 124 Å². The molecule has 2 N–H and O–H groups in total. The zero-order valence-corrected chi connectivity index (χ0v) is 12.0. The summed E-state index contributed by atoms with van der Waals surface area (Å²) in [5.41, 5.74) is 7.53. The van der Waals surface area contributed by atoms with Crippen molar-refractivity contribution < 1.29 is 4.52 Å². The molecule has 0 aliphatic heterocycles. The summed E-state index contributed by atoms with van der Waals surface area (Å²) < 4.78 is 6.29. The third-order valence-electron chi connectivity index (χ3n) is 2.77. The van der Waals surface area contributed by atoms with E-state index in [4.69, 9.17) is 10.3 Å². The Morgan fingerprint density at radius 2 is 1.95 bits per heavy atom. The molecule has 2 heterocycles. The van der Waals surface area contributed by atoms with Gasteiger partial charge in [-0.1, -0.05) is 33.2 Å². The molecule has 0 saturated heterocycles. The standard InChI is InChI=1S/C14H11BrN4O/c15-11-3-1-9(2-4-11)7-13-18-14(20-19-13)10-5-6-17-12(16)8-10/h1-6,8H,7H2,(H2,16,17). The molecular weight excluding hydrogens is 320 g/mol. The highest BCUT2D eigenvalue weighted by Gasteiger charge is 2.09. The molecule has 3 aromatic rings. The second kappa shape index (κ2) is 5.42. The SMILES string of the molecule is Nc1cc(-c2nc(Cc3ccc(Br)cc3)no2)ccn1. The van der Waals surface area contributed by atoms with Crippen molar-refractivity contribution in [3.63, 3.8) is 0 Å². The van der Waals surface area contributed by atoms with Gasteiger partial charge in [0.15, 0.2) is 5.82 Å². The number of rotatable bonds is 3. The number of pyridine rings is 1. The van der Waals surface area contributed by atoms with Crippen molar-refractivity contribution in [2.45, 2.75) is 6.42 Å². The minimum atomic E-state index is 0.426. The molecule has 1 aromatic carbocycles. The van der Waals surface area contributed by atoms with Crippen molar-refractivity contribution in [2.24, 2.45) is 0 Å². The van der Waals surface area contributed by atoms with E-state index in [1.54, 1.807) is 18.3 Å². The first-order chi connectivity index (χ1) is 9.70. The zero-order chi connectivity index (χ0) is 13.9. The van der Waals surface area contributed by atoms with Crippen LogP contribution in [-0.2, 0) is 6.42 Å². The first kappa shape index (κ1) is 12.8. The van der Waals surface area contributed by atoms with Crippen LogP contribution in [0, 0.1) is 0 Å². The number of nitrogens with zero attached hydrogens (tertiary/aromatic N) is 3. The number of nitrogens with two attached hydrogens (primary N) is 1. The largest absolute Gasteiger partial charge is 0.384 e. The molecule has 0 fully saturated rings. The summed E-state index contributed by atoms with van der Waals surface area (Å²) in [7, 11) is 0. The molecule has 0 unspecified atom stereocenters. The molecule has 5 nitrogen and oxygen atoms in total. The van der Waals surface area contributed by atoms with E-state index >= 15 is 0 Å². The fourth-order valence-electron chi connectivity index (χ4n) is 1.81. The van der Waals surface area contributed by atoms with E-state index in [1.165, 1.54) is 0 Å². The summed E-state index contributed by atoms with van der Waals surface area (Å²) in [6.07, 6.45) is 2.24. The minimum absolute atomic E-state index is 0.426. The van der Waals surface area contributed by atoms with Crippen molar-refractivity contribution in [3.05, 3.63) is 58.5 Å². The first-order valence-corrected chi connectivity index (χ1v) is 6.79. The molecule has 0 spiro atoms. The van der Waals surface area contributed by atoms with Crippen molar-refractivity contribution in [3.8, 4) is 11.5 Å². The van der Waals surface area contributed by atoms with Gasteiger partial charge in [0.05, 0.1) is 0 Å². The predicted molar refractivity (Wildman–Crippen MR) is 78.9 cm³/mol. The van der Waals surface area contributed by atoms with Crippen LogP contribution in [0.5, 0.6) is 0 Å². The fraction of sp³-hybridized carbons (Fsp3) is 0.0714. The molecule has 100 valence electrons. The number of halogens is 1. The van der Waals surface area contributed by atoms with Crippen LogP contribution in [0.3, 0.4) is 0 Å². The van der Waals surface area contributed by atoms with E-state index < -0.39 is 0 Å². The van der Waals surface area contributed by atoms with Gasteiger partial charge in [-0.3, -0.25) is 0 Å². The summed E-state index contributed by atoms with van der Waals surface area (Å²) in [4.78, 5) is 8.30. The van der Waals surface area contributed by atoms with Gasteiger partial charge in [-0.15, -0.1) is 0 Å². The van der Waals surface area contributed by atoms with Gasteiger partial charge in [0.2, 0.25) is 0 Å². The molecule has 2 aromatic heterocycles. The lowest BCUT2D eigenvalue weighted by atomic mass is 10.1. The average Bonchev–Trinajstić information content (AvgIpc) is 2.90. The van der Waals surface area contributed by atoms with Gasteiger partial charge in [-0.25, -0.2) is 4.98 Å². The number of benzene rings is 1. The molecule has 0 aliphatic carbocycles. The number of nitrogen functional groups attached to an aromatic ring is 1. The smallest absolute Gasteiger partial charge is 0.258 e. The van der Waals surface area contributed by atoms with Crippen LogP contribution in [0.15, 0.2) is 51.6 Å². The van der Waals surface area contributed by atoms with Crippen LogP contribution in [0.4, 0.5) is 5.82 Å². The number of anilines is 1. The van der Waals surface area contributed by atoms with Crippen molar-refractivity contribution in [1.29, 1.82) is 0 Å². The molecular formula is C14H11BrN4O. The van der Waals surface area contributed by atoms with Gasteiger partial charge in [0, 0.05) is 22.7 Å². The summed E-state index contributed by atoms with van der Waals surface area (Å²) in [5.74, 6) is 1.51. The highest BCUT2D eigenvalue weighted by atomic mass is 79.9. The first-order valence-electron chi connectivity index (χ1n) is 5.99. The second-order valence-corrected chi connectivity index (χ2v) is 5.20. The highest BCUT2D eigenvalue weighted by Crippen LogP contribution is 2.19. The molecule has 0 radical (unpaired) electrons. The molecule has 6 heteroatoms. The lowest BCUT2D eigenvalue weighted by molar-refractivity contribution is 0.424. The molecule has 0 bridgehead atoms. The van der Waals surface area contributed by atoms with Crippen molar-refractivity contribution in [2.75, 3.05) is 5.73 Å². The van der Waals surface area contributed by atoms with Gasteiger partial charge in [0.25, 0.3) is 5.89 Å². The quantitative estimate of drug-likeness (QED) is 0.798. The maximum Gasteiger partial charge on any atom is 0.258 e. The van der Waals surface area contributed by atoms with E-state index in [2.05, 4.69) is 31.1 Å². The topological polar surface area (TPSA) is 77.8 Å². The van der Waals surface area contributed by atoms with Gasteiger partial charge in [-0.05, 0) is 29.8 Å². The zero-order valence-electron chi connectivity index (χ0n) is 10.5. The van der Waals surface area contributed by atoms with Gasteiger partial charge in [0.1, 0.15) is 5.82 Å². The van der Waals surface area contributed by atoms with Crippen LogP contribution in [0.25, 0.3) is 11.5 Å². The monoisotopic (exact) mass is 330 g/mol. The van der Waals surface area contributed by atoms with E-state index in [1.807, 2.05) is 24.3 Å². The van der Waals surface area contributed by atoms with Gasteiger partial charge >= 0.3 is 0 Å². The minimum Gasteiger partial charge on any atom is -0.384 e. The molecule has 0 saturated carbocycles. The van der Waals surface area contributed by atoms with Crippen LogP contribution < -0.4 is 5.73 Å². The molecule has 0 amide bonds. The summed E-state index contributed by atoms with van der Waals surface area (Å²) in [5, 5.41) is 3.98. The number of hydrogen-bond acceptors (Lipinski definition) is 5. The van der Waals surface area contributed by atoms with Gasteiger partial charge in [-0.2, -0.15) is 4.98 Å². The molecule has 0 atom stereocenters. The van der Waals surface area contributed by atoms with Crippen molar-refractivity contribution in [1.82, 2.24) is 15.1 Å². The predicted octanol–water partition coefficient (Wildman–Crippen LogP) is 3.07. The lowest BCUT2D eigenvalue weighted by Crippen LogP contribution is -1.91. The maximum atomic E-state index is 5.64. The molecule has 0 aliphatic rings. The van der Waals surface area contributed by atoms with Crippen LogP contribution in [0.1, 0.15) is 11.4 Å². The maximum absolute atomic E-state index is 5.64. The normalized spacial score (nSPS) is 10.7. The molecule has 3 rings (SSSR count). The summed E-state index contributed by atoms with van der Waals surface area (Å²) in [6, 6.07) is 11.5. The van der Waals surface area contributed by atoms with E-state index in [0.29, 0.717) is 24.0 Å². The Balaban J connectivity index is 1.82. The fourth-order valence-corrected chi connectivity index (χ4v) is 2.07.